The number of nitrogens with one attached hydrogen (secondary N) is 1. The Morgan fingerprint density at radius 1 is 1.28 bits per heavy atom. The fraction of sp³-hybridized carbons (Fsp3) is 0.526. The van der Waals surface area contributed by atoms with Crippen molar-refractivity contribution in [2.75, 3.05) is 13.1 Å². The van der Waals surface area contributed by atoms with Crippen molar-refractivity contribution >= 4 is 17.8 Å². The highest BCUT2D eigenvalue weighted by atomic mass is 16.4. The van der Waals surface area contributed by atoms with Gasteiger partial charge in [0.2, 0.25) is 5.91 Å². The molecular formula is C19H26N2O4. The molecule has 0 bridgehead atoms. The van der Waals surface area contributed by atoms with Crippen molar-refractivity contribution in [3.05, 3.63) is 35.9 Å². The van der Waals surface area contributed by atoms with Gasteiger partial charge in [-0.1, -0.05) is 38.0 Å². The van der Waals surface area contributed by atoms with Crippen LogP contribution in [0.3, 0.4) is 0 Å². The number of likely N-dealkylation sites (tertiary alicyclic amines) is 1. The van der Waals surface area contributed by atoms with Crippen molar-refractivity contribution < 1.29 is 19.5 Å². The van der Waals surface area contributed by atoms with E-state index in [0.717, 1.165) is 19.3 Å². The Hall–Kier alpha value is -2.37. The number of carbonyl (C=O) groups excluding carboxylic acids is 2. The lowest BCUT2D eigenvalue weighted by Gasteiger charge is -2.32. The molecule has 0 radical (unpaired) electrons. The van der Waals surface area contributed by atoms with Gasteiger partial charge >= 0.3 is 5.97 Å². The number of carboxylic acid groups (broad SMARTS) is 1. The summed E-state index contributed by atoms with van der Waals surface area (Å²) in [6.07, 6.45) is 3.47. The molecule has 1 heterocycles. The highest BCUT2D eigenvalue weighted by molar-refractivity contribution is 5.94. The zero-order valence-corrected chi connectivity index (χ0v) is 14.6. The molecule has 25 heavy (non-hydrogen) atoms. The molecule has 2 rings (SSSR count). The minimum Gasteiger partial charge on any atom is -0.480 e. The molecule has 1 aliphatic heterocycles. The highest BCUT2D eigenvalue weighted by Gasteiger charge is 2.31. The number of hydrogen-bond donors (Lipinski definition) is 2. The first-order valence-corrected chi connectivity index (χ1v) is 8.90. The van der Waals surface area contributed by atoms with Crippen molar-refractivity contribution in [3.8, 4) is 0 Å². The number of piperidine rings is 1. The number of amides is 2. The lowest BCUT2D eigenvalue weighted by molar-refractivity contribution is -0.143. The molecule has 6 nitrogen and oxygen atoms in total. The van der Waals surface area contributed by atoms with Gasteiger partial charge in [0.05, 0.1) is 5.92 Å². The molecule has 2 atom stereocenters. The predicted octanol–water partition coefficient (Wildman–Crippen LogP) is 2.30. The molecule has 136 valence electrons. The number of rotatable bonds is 7. The van der Waals surface area contributed by atoms with E-state index < -0.39 is 12.0 Å². The summed E-state index contributed by atoms with van der Waals surface area (Å²) in [7, 11) is 0. The lowest BCUT2D eigenvalue weighted by Crippen LogP contribution is -2.49. The topological polar surface area (TPSA) is 86.7 Å². The fourth-order valence-corrected chi connectivity index (χ4v) is 3.09. The van der Waals surface area contributed by atoms with Gasteiger partial charge in [-0.25, -0.2) is 4.79 Å². The molecule has 0 spiro atoms. The quantitative estimate of drug-likeness (QED) is 0.793. The van der Waals surface area contributed by atoms with Gasteiger partial charge in [0.15, 0.2) is 0 Å². The molecule has 0 aromatic heterocycles. The van der Waals surface area contributed by atoms with E-state index in [9.17, 15) is 19.5 Å². The second-order valence-electron chi connectivity index (χ2n) is 6.50. The van der Waals surface area contributed by atoms with Crippen LogP contribution in [-0.4, -0.2) is 46.9 Å². The first-order chi connectivity index (χ1) is 12.0. The van der Waals surface area contributed by atoms with E-state index in [2.05, 4.69) is 5.32 Å². The van der Waals surface area contributed by atoms with Crippen LogP contribution in [-0.2, 0) is 9.59 Å². The first-order valence-electron chi connectivity index (χ1n) is 8.90. The number of nitrogens with zero attached hydrogens (tertiary/aromatic N) is 1. The molecule has 1 fully saturated rings. The van der Waals surface area contributed by atoms with Gasteiger partial charge in [0, 0.05) is 18.7 Å². The number of benzene rings is 1. The molecule has 0 aliphatic carbocycles. The van der Waals surface area contributed by atoms with Crippen molar-refractivity contribution in [3.63, 3.8) is 0 Å². The highest BCUT2D eigenvalue weighted by Crippen LogP contribution is 2.19. The summed E-state index contributed by atoms with van der Waals surface area (Å²) in [6.45, 7) is 2.93. The van der Waals surface area contributed by atoms with E-state index >= 15 is 0 Å². The largest absolute Gasteiger partial charge is 0.480 e. The summed E-state index contributed by atoms with van der Waals surface area (Å²) in [4.78, 5) is 38.0. The van der Waals surface area contributed by atoms with Crippen LogP contribution in [0.4, 0.5) is 0 Å². The number of carboxylic acids is 1. The Labute approximate surface area is 148 Å². The van der Waals surface area contributed by atoms with E-state index in [-0.39, 0.29) is 17.7 Å². The van der Waals surface area contributed by atoms with E-state index in [0.29, 0.717) is 31.5 Å². The first kappa shape index (κ1) is 19.0. The Morgan fingerprint density at radius 2 is 2.00 bits per heavy atom. The summed E-state index contributed by atoms with van der Waals surface area (Å²) in [5.74, 6) is -1.72. The van der Waals surface area contributed by atoms with E-state index in [1.807, 2.05) is 25.1 Å². The molecule has 1 aliphatic rings. The van der Waals surface area contributed by atoms with Crippen molar-refractivity contribution in [2.24, 2.45) is 5.92 Å². The second-order valence-corrected chi connectivity index (χ2v) is 6.50. The Balaban J connectivity index is 1.96. The molecular weight excluding hydrogens is 320 g/mol. The summed E-state index contributed by atoms with van der Waals surface area (Å²) < 4.78 is 0. The molecule has 0 saturated carbocycles. The summed E-state index contributed by atoms with van der Waals surface area (Å²) in [5, 5.41) is 11.9. The van der Waals surface area contributed by atoms with Crippen LogP contribution in [0.2, 0.25) is 0 Å². The lowest BCUT2D eigenvalue weighted by atomic mass is 9.95. The number of carbonyl (C=O) groups is 3. The molecule has 2 N–H and O–H groups in total. The normalized spacial score (nSPS) is 18.4. The monoisotopic (exact) mass is 346 g/mol. The van der Waals surface area contributed by atoms with Crippen LogP contribution in [0.25, 0.3) is 0 Å². The van der Waals surface area contributed by atoms with Crippen LogP contribution in [0.5, 0.6) is 0 Å². The third kappa shape index (κ3) is 5.31. The summed E-state index contributed by atoms with van der Waals surface area (Å²) in [6, 6.07) is 8.15. The molecule has 6 heteroatoms. The van der Waals surface area contributed by atoms with Crippen LogP contribution in [0.1, 0.15) is 49.4 Å². The minimum atomic E-state index is -1.00. The molecule has 1 aromatic rings. The maximum absolute atomic E-state index is 12.5. The Kier molecular flexibility index (Phi) is 6.98. The molecule has 2 amide bonds. The van der Waals surface area contributed by atoms with Gasteiger partial charge < -0.3 is 15.3 Å². The Morgan fingerprint density at radius 3 is 2.64 bits per heavy atom. The van der Waals surface area contributed by atoms with Gasteiger partial charge in [0.25, 0.3) is 5.91 Å². The van der Waals surface area contributed by atoms with E-state index in [1.54, 1.807) is 17.0 Å². The summed E-state index contributed by atoms with van der Waals surface area (Å²) in [5.41, 5.74) is 0.606. The van der Waals surface area contributed by atoms with E-state index in [1.165, 1.54) is 0 Å². The van der Waals surface area contributed by atoms with E-state index in [4.69, 9.17) is 0 Å². The maximum atomic E-state index is 12.5. The van der Waals surface area contributed by atoms with Crippen LogP contribution < -0.4 is 5.32 Å². The number of unbranched alkanes of at least 4 members (excludes halogenated alkanes) is 1. The third-order valence-electron chi connectivity index (χ3n) is 4.56. The smallest absolute Gasteiger partial charge is 0.326 e. The fourth-order valence-electron chi connectivity index (χ4n) is 3.09. The average Bonchev–Trinajstić information content (AvgIpc) is 2.64. The van der Waals surface area contributed by atoms with Crippen LogP contribution >= 0.6 is 0 Å². The zero-order chi connectivity index (χ0) is 18.2. The van der Waals surface area contributed by atoms with Crippen molar-refractivity contribution in [1.82, 2.24) is 10.2 Å². The number of aliphatic carboxylic acids is 1. The van der Waals surface area contributed by atoms with Gasteiger partial charge in [-0.2, -0.15) is 0 Å². The number of hydrogen-bond acceptors (Lipinski definition) is 3. The van der Waals surface area contributed by atoms with Crippen molar-refractivity contribution in [1.29, 1.82) is 0 Å². The SMILES string of the molecule is CCCCC(NC(=O)C1CCCN(C(=O)c2ccccc2)C1)C(=O)O. The summed E-state index contributed by atoms with van der Waals surface area (Å²) >= 11 is 0. The molecule has 1 saturated heterocycles. The van der Waals surface area contributed by atoms with Crippen LogP contribution in [0, 0.1) is 5.92 Å². The maximum Gasteiger partial charge on any atom is 0.326 e. The van der Waals surface area contributed by atoms with Crippen LogP contribution in [0.15, 0.2) is 30.3 Å². The minimum absolute atomic E-state index is 0.0844. The van der Waals surface area contributed by atoms with Gasteiger partial charge in [-0.15, -0.1) is 0 Å². The molecule has 2 unspecified atom stereocenters. The van der Waals surface area contributed by atoms with Gasteiger partial charge in [-0.05, 0) is 31.4 Å². The van der Waals surface area contributed by atoms with Gasteiger partial charge in [0.1, 0.15) is 6.04 Å². The Bertz CT molecular complexity index is 603. The van der Waals surface area contributed by atoms with Gasteiger partial charge in [-0.3, -0.25) is 9.59 Å². The zero-order valence-electron chi connectivity index (χ0n) is 14.6. The average molecular weight is 346 g/mol. The van der Waals surface area contributed by atoms with Crippen molar-refractivity contribution in [2.45, 2.75) is 45.1 Å². The second kappa shape index (κ2) is 9.20. The standard InChI is InChI=1S/C19H26N2O4/c1-2-3-11-16(19(24)25)20-17(22)15-10-7-12-21(13-15)18(23)14-8-5-4-6-9-14/h4-6,8-9,15-16H,2-3,7,10-13H2,1H3,(H,20,22)(H,24,25). The third-order valence-corrected chi connectivity index (χ3v) is 4.56. The molecule has 1 aromatic carbocycles. The predicted molar refractivity (Wildman–Crippen MR) is 94.2 cm³/mol.